The summed E-state index contributed by atoms with van der Waals surface area (Å²) in [5.74, 6) is -0.262. The van der Waals surface area contributed by atoms with Crippen LogP contribution in [-0.2, 0) is 9.59 Å². The summed E-state index contributed by atoms with van der Waals surface area (Å²) in [7, 11) is 1.56. The van der Waals surface area contributed by atoms with Gasteiger partial charge in [0.15, 0.2) is 0 Å². The minimum Gasteiger partial charge on any atom is -0.319 e. The highest BCUT2D eigenvalue weighted by Gasteiger charge is 1.96. The van der Waals surface area contributed by atoms with E-state index in [1.807, 2.05) is 0 Å². The third-order valence-corrected chi connectivity index (χ3v) is 0.939. The van der Waals surface area contributed by atoms with Crippen LogP contribution >= 0.6 is 0 Å². The van der Waals surface area contributed by atoms with Crippen LogP contribution in [0.5, 0.6) is 0 Å². The van der Waals surface area contributed by atoms with Gasteiger partial charge in [-0.3, -0.25) is 9.59 Å². The van der Waals surface area contributed by atoms with E-state index in [4.69, 9.17) is 0 Å². The SMILES string of the molecule is C=CN(C)C(=O)C=CC=O. The Morgan fingerprint density at radius 3 is 2.60 bits per heavy atom. The number of nitrogens with zero attached hydrogens (tertiary/aromatic N) is 1. The minimum atomic E-state index is -0.262. The summed E-state index contributed by atoms with van der Waals surface area (Å²) in [5.41, 5.74) is 0. The molecular formula is C7H9NO2. The number of carbonyl (C=O) groups is 2. The summed E-state index contributed by atoms with van der Waals surface area (Å²) in [6.45, 7) is 3.37. The molecule has 0 heterocycles. The van der Waals surface area contributed by atoms with Gasteiger partial charge in [-0.15, -0.1) is 0 Å². The predicted octanol–water partition coefficient (Wildman–Crippen LogP) is 0.343. The first kappa shape index (κ1) is 8.62. The topological polar surface area (TPSA) is 37.4 Å². The van der Waals surface area contributed by atoms with Crippen molar-refractivity contribution in [1.29, 1.82) is 0 Å². The van der Waals surface area contributed by atoms with E-state index in [1.54, 1.807) is 7.05 Å². The number of allylic oxidation sites excluding steroid dienone is 1. The van der Waals surface area contributed by atoms with Crippen LogP contribution in [0.4, 0.5) is 0 Å². The molecule has 0 aromatic carbocycles. The van der Waals surface area contributed by atoms with Crippen LogP contribution in [0.25, 0.3) is 0 Å². The molecule has 0 bridgehead atoms. The van der Waals surface area contributed by atoms with Gasteiger partial charge in [-0.2, -0.15) is 0 Å². The van der Waals surface area contributed by atoms with Crippen LogP contribution in [-0.4, -0.2) is 24.1 Å². The summed E-state index contributed by atoms with van der Waals surface area (Å²) >= 11 is 0. The molecule has 0 aromatic rings. The zero-order valence-electron chi connectivity index (χ0n) is 5.78. The monoisotopic (exact) mass is 139 g/mol. The first-order valence-electron chi connectivity index (χ1n) is 2.73. The molecule has 10 heavy (non-hydrogen) atoms. The van der Waals surface area contributed by atoms with Gasteiger partial charge in [-0.1, -0.05) is 6.58 Å². The maximum absolute atomic E-state index is 10.7. The first-order chi connectivity index (χ1) is 4.72. The molecule has 0 rings (SSSR count). The highest BCUT2D eigenvalue weighted by atomic mass is 16.2. The molecule has 0 N–H and O–H groups in total. The number of amides is 1. The minimum absolute atomic E-state index is 0.262. The van der Waals surface area contributed by atoms with Crippen molar-refractivity contribution in [2.24, 2.45) is 0 Å². The largest absolute Gasteiger partial charge is 0.319 e. The average Bonchev–Trinajstić information content (AvgIpc) is 1.98. The van der Waals surface area contributed by atoms with Crippen LogP contribution in [0.2, 0.25) is 0 Å². The van der Waals surface area contributed by atoms with Gasteiger partial charge in [-0.05, 0) is 12.3 Å². The van der Waals surface area contributed by atoms with Gasteiger partial charge < -0.3 is 4.90 Å². The van der Waals surface area contributed by atoms with Crippen LogP contribution in [0.15, 0.2) is 24.9 Å². The zero-order chi connectivity index (χ0) is 7.98. The van der Waals surface area contributed by atoms with Crippen molar-refractivity contribution in [3.63, 3.8) is 0 Å². The van der Waals surface area contributed by atoms with Crippen molar-refractivity contribution < 1.29 is 9.59 Å². The second-order valence-electron chi connectivity index (χ2n) is 1.63. The number of hydrogen-bond acceptors (Lipinski definition) is 2. The van der Waals surface area contributed by atoms with E-state index in [9.17, 15) is 9.59 Å². The molecule has 0 fully saturated rings. The smallest absolute Gasteiger partial charge is 0.250 e. The van der Waals surface area contributed by atoms with Gasteiger partial charge in [0.1, 0.15) is 6.29 Å². The average molecular weight is 139 g/mol. The Bertz CT molecular complexity index is 172. The fourth-order valence-electron chi connectivity index (χ4n) is 0.329. The molecule has 0 aliphatic heterocycles. The van der Waals surface area contributed by atoms with Crippen molar-refractivity contribution in [2.45, 2.75) is 0 Å². The molecule has 0 saturated carbocycles. The van der Waals surface area contributed by atoms with Gasteiger partial charge in [-0.25, -0.2) is 0 Å². The van der Waals surface area contributed by atoms with E-state index in [2.05, 4.69) is 6.58 Å². The van der Waals surface area contributed by atoms with E-state index in [1.165, 1.54) is 17.2 Å². The molecule has 0 saturated heterocycles. The van der Waals surface area contributed by atoms with Gasteiger partial charge in [0, 0.05) is 13.1 Å². The number of hydrogen-bond donors (Lipinski definition) is 0. The molecule has 0 aromatic heterocycles. The highest BCUT2D eigenvalue weighted by Crippen LogP contribution is 1.84. The maximum Gasteiger partial charge on any atom is 0.250 e. The van der Waals surface area contributed by atoms with E-state index >= 15 is 0 Å². The lowest BCUT2D eigenvalue weighted by atomic mass is 10.4. The van der Waals surface area contributed by atoms with E-state index < -0.39 is 0 Å². The summed E-state index contributed by atoms with van der Waals surface area (Å²) in [6, 6.07) is 0. The highest BCUT2D eigenvalue weighted by molar-refractivity contribution is 5.91. The molecule has 3 heteroatoms. The van der Waals surface area contributed by atoms with Gasteiger partial charge in [0.25, 0.3) is 0 Å². The standard InChI is InChI=1S/C7H9NO2/c1-3-8(2)7(10)5-4-6-9/h3-6H,1H2,2H3. The lowest BCUT2D eigenvalue weighted by molar-refractivity contribution is -0.122. The van der Waals surface area contributed by atoms with Gasteiger partial charge in [0.2, 0.25) is 5.91 Å². The summed E-state index contributed by atoms with van der Waals surface area (Å²) in [5, 5.41) is 0. The summed E-state index contributed by atoms with van der Waals surface area (Å²) in [4.78, 5) is 21.8. The Balaban J connectivity index is 3.95. The quantitative estimate of drug-likeness (QED) is 0.417. The van der Waals surface area contributed by atoms with Crippen LogP contribution in [0.1, 0.15) is 0 Å². The lowest BCUT2D eigenvalue weighted by Gasteiger charge is -2.05. The van der Waals surface area contributed by atoms with Gasteiger partial charge >= 0.3 is 0 Å². The number of aldehydes is 1. The molecule has 0 atom stereocenters. The summed E-state index contributed by atoms with van der Waals surface area (Å²) in [6.07, 6.45) is 4.24. The Morgan fingerprint density at radius 2 is 2.20 bits per heavy atom. The molecule has 0 spiro atoms. The molecule has 1 amide bonds. The van der Waals surface area contributed by atoms with E-state index in [0.29, 0.717) is 6.29 Å². The summed E-state index contributed by atoms with van der Waals surface area (Å²) < 4.78 is 0. The van der Waals surface area contributed by atoms with Crippen molar-refractivity contribution >= 4 is 12.2 Å². The van der Waals surface area contributed by atoms with Crippen LogP contribution in [0, 0.1) is 0 Å². The fourth-order valence-corrected chi connectivity index (χ4v) is 0.329. The van der Waals surface area contributed by atoms with E-state index in [0.717, 1.165) is 6.08 Å². The molecule has 0 aliphatic rings. The van der Waals surface area contributed by atoms with Crippen LogP contribution < -0.4 is 0 Å². The number of rotatable bonds is 3. The Labute approximate surface area is 59.6 Å². The van der Waals surface area contributed by atoms with Gasteiger partial charge in [0.05, 0.1) is 0 Å². The lowest BCUT2D eigenvalue weighted by Crippen LogP contribution is -2.17. The molecule has 0 aliphatic carbocycles. The Morgan fingerprint density at radius 1 is 1.60 bits per heavy atom. The Hall–Kier alpha value is -1.38. The third kappa shape index (κ3) is 2.81. The molecular weight excluding hydrogens is 130 g/mol. The molecule has 0 radical (unpaired) electrons. The second-order valence-corrected chi connectivity index (χ2v) is 1.63. The molecule has 3 nitrogen and oxygen atoms in total. The fraction of sp³-hybridized carbons (Fsp3) is 0.143. The Kier molecular flexibility index (Phi) is 3.87. The first-order valence-corrected chi connectivity index (χ1v) is 2.73. The zero-order valence-corrected chi connectivity index (χ0v) is 5.78. The number of carbonyl (C=O) groups excluding carboxylic acids is 2. The molecule has 54 valence electrons. The predicted molar refractivity (Wildman–Crippen MR) is 38.2 cm³/mol. The molecule has 0 unspecified atom stereocenters. The normalized spacial score (nSPS) is 9.30. The maximum atomic E-state index is 10.7. The van der Waals surface area contributed by atoms with Crippen LogP contribution in [0.3, 0.4) is 0 Å². The second kappa shape index (κ2) is 4.49. The van der Waals surface area contributed by atoms with Crippen molar-refractivity contribution in [2.75, 3.05) is 7.05 Å². The van der Waals surface area contributed by atoms with Crippen molar-refractivity contribution in [3.8, 4) is 0 Å². The van der Waals surface area contributed by atoms with Crippen molar-refractivity contribution in [1.82, 2.24) is 4.90 Å². The number of likely N-dealkylation sites (N-methyl/N-ethyl adjacent to an activating group) is 1. The van der Waals surface area contributed by atoms with E-state index in [-0.39, 0.29) is 5.91 Å². The van der Waals surface area contributed by atoms with Crippen molar-refractivity contribution in [3.05, 3.63) is 24.9 Å². The third-order valence-electron chi connectivity index (χ3n) is 0.939.